The van der Waals surface area contributed by atoms with Crippen molar-refractivity contribution in [3.05, 3.63) is 64.6 Å². The Balaban J connectivity index is 1.97. The molecule has 2 aromatic heterocycles. The van der Waals surface area contributed by atoms with Crippen LogP contribution in [-0.2, 0) is 11.3 Å². The Labute approximate surface area is 120 Å². The van der Waals surface area contributed by atoms with Crippen LogP contribution in [0.3, 0.4) is 0 Å². The van der Waals surface area contributed by atoms with Gasteiger partial charge in [0.15, 0.2) is 11.6 Å². The molecule has 0 aliphatic carbocycles. The minimum atomic E-state index is -0.0377. The van der Waals surface area contributed by atoms with Crippen molar-refractivity contribution in [2.75, 3.05) is 6.61 Å². The van der Waals surface area contributed by atoms with Gasteiger partial charge in [0.05, 0.1) is 23.7 Å². The van der Waals surface area contributed by atoms with Crippen LogP contribution in [0.2, 0.25) is 0 Å². The largest absolute Gasteiger partial charge is 0.488 e. The standard InChI is InChI=1S/C16H12N2O3/c19-16-12-5-1-2-6-13(12)17-15-14(21-9-7-18(15)16)10-11-4-3-8-20-11/h1-6,8,10H,7,9H2/b14-10+. The summed E-state index contributed by atoms with van der Waals surface area (Å²) < 4.78 is 12.6. The summed E-state index contributed by atoms with van der Waals surface area (Å²) in [5.41, 5.74) is 0.633. The molecule has 0 N–H and O–H groups in total. The molecule has 3 aromatic rings. The maximum Gasteiger partial charge on any atom is 0.261 e. The Bertz CT molecular complexity index is 892. The first-order chi connectivity index (χ1) is 10.3. The van der Waals surface area contributed by atoms with Crippen molar-refractivity contribution in [3.63, 3.8) is 0 Å². The fourth-order valence-electron chi connectivity index (χ4n) is 2.48. The molecule has 4 rings (SSSR count). The first-order valence-electron chi connectivity index (χ1n) is 6.71. The Hall–Kier alpha value is -2.82. The normalized spacial score (nSPS) is 15.9. The van der Waals surface area contributed by atoms with Gasteiger partial charge >= 0.3 is 0 Å². The molecular weight excluding hydrogens is 268 g/mol. The summed E-state index contributed by atoms with van der Waals surface area (Å²) in [4.78, 5) is 17.1. The average Bonchev–Trinajstić information content (AvgIpc) is 3.02. The highest BCUT2D eigenvalue weighted by molar-refractivity contribution is 5.81. The van der Waals surface area contributed by atoms with Crippen LogP contribution < -0.4 is 5.56 Å². The zero-order valence-electron chi connectivity index (χ0n) is 11.2. The van der Waals surface area contributed by atoms with Crippen LogP contribution in [0, 0.1) is 0 Å². The summed E-state index contributed by atoms with van der Waals surface area (Å²) in [7, 11) is 0. The van der Waals surface area contributed by atoms with Crippen LogP contribution >= 0.6 is 0 Å². The third-order valence-electron chi connectivity index (χ3n) is 3.47. The van der Waals surface area contributed by atoms with Gasteiger partial charge in [-0.25, -0.2) is 4.98 Å². The van der Waals surface area contributed by atoms with Crippen molar-refractivity contribution in [1.29, 1.82) is 0 Å². The Morgan fingerprint density at radius 3 is 2.95 bits per heavy atom. The van der Waals surface area contributed by atoms with E-state index in [9.17, 15) is 4.79 Å². The van der Waals surface area contributed by atoms with E-state index in [1.54, 1.807) is 29.0 Å². The van der Waals surface area contributed by atoms with Crippen LogP contribution in [0.15, 0.2) is 51.9 Å². The molecule has 0 fully saturated rings. The van der Waals surface area contributed by atoms with Gasteiger partial charge in [-0.1, -0.05) is 12.1 Å². The second-order valence-electron chi connectivity index (χ2n) is 4.78. The highest BCUT2D eigenvalue weighted by atomic mass is 16.5. The first-order valence-corrected chi connectivity index (χ1v) is 6.71. The number of fused-ring (bicyclic) bond motifs is 2. The summed E-state index contributed by atoms with van der Waals surface area (Å²) in [6.45, 7) is 0.945. The number of para-hydroxylation sites is 1. The number of benzene rings is 1. The zero-order chi connectivity index (χ0) is 14.2. The lowest BCUT2D eigenvalue weighted by Crippen LogP contribution is -2.30. The van der Waals surface area contributed by atoms with Crippen LogP contribution in [0.25, 0.3) is 22.7 Å². The number of furan rings is 1. The molecule has 0 radical (unpaired) electrons. The molecule has 0 unspecified atom stereocenters. The second kappa shape index (κ2) is 4.63. The van der Waals surface area contributed by atoms with Gasteiger partial charge in [0.25, 0.3) is 5.56 Å². The molecule has 1 aliphatic heterocycles. The molecule has 1 aliphatic rings. The van der Waals surface area contributed by atoms with Gasteiger partial charge in [-0.15, -0.1) is 0 Å². The number of nitrogens with zero attached hydrogens (tertiary/aromatic N) is 2. The third-order valence-corrected chi connectivity index (χ3v) is 3.47. The molecule has 104 valence electrons. The van der Waals surface area contributed by atoms with Crippen LogP contribution in [0.5, 0.6) is 0 Å². The molecule has 1 aromatic carbocycles. The zero-order valence-corrected chi connectivity index (χ0v) is 11.2. The SMILES string of the molecule is O=c1c2ccccc2nc2n1CCO/C2=C/c1ccco1. The monoisotopic (exact) mass is 280 g/mol. The molecule has 5 heteroatoms. The summed E-state index contributed by atoms with van der Waals surface area (Å²) in [6, 6.07) is 11.0. The molecule has 5 nitrogen and oxygen atoms in total. The van der Waals surface area contributed by atoms with Crippen molar-refractivity contribution >= 4 is 22.7 Å². The van der Waals surface area contributed by atoms with E-state index in [0.717, 1.165) is 0 Å². The molecule has 0 saturated carbocycles. The lowest BCUT2D eigenvalue weighted by Gasteiger charge is -2.21. The quantitative estimate of drug-likeness (QED) is 0.687. The number of rotatable bonds is 1. The van der Waals surface area contributed by atoms with Gasteiger partial charge in [0.1, 0.15) is 12.4 Å². The number of aromatic nitrogens is 2. The van der Waals surface area contributed by atoms with Crippen molar-refractivity contribution < 1.29 is 9.15 Å². The van der Waals surface area contributed by atoms with Gasteiger partial charge in [-0.3, -0.25) is 9.36 Å². The maximum absolute atomic E-state index is 12.5. The van der Waals surface area contributed by atoms with E-state index in [1.807, 2.05) is 24.3 Å². The van der Waals surface area contributed by atoms with E-state index < -0.39 is 0 Å². The molecular formula is C16H12N2O3. The maximum atomic E-state index is 12.5. The van der Waals surface area contributed by atoms with Crippen molar-refractivity contribution in [2.24, 2.45) is 0 Å². The Morgan fingerprint density at radius 2 is 2.10 bits per heavy atom. The predicted molar refractivity (Wildman–Crippen MR) is 78.5 cm³/mol. The fourth-order valence-corrected chi connectivity index (χ4v) is 2.48. The lowest BCUT2D eigenvalue weighted by molar-refractivity contribution is 0.233. The minimum Gasteiger partial charge on any atom is -0.488 e. The van der Waals surface area contributed by atoms with E-state index >= 15 is 0 Å². The van der Waals surface area contributed by atoms with E-state index in [1.165, 1.54) is 0 Å². The summed E-state index contributed by atoms with van der Waals surface area (Å²) in [5, 5.41) is 0.625. The predicted octanol–water partition coefficient (Wildman–Crippen LogP) is 2.52. The van der Waals surface area contributed by atoms with Crippen molar-refractivity contribution in [2.45, 2.75) is 6.54 Å². The smallest absolute Gasteiger partial charge is 0.261 e. The molecule has 0 amide bonds. The number of hydrogen-bond acceptors (Lipinski definition) is 4. The number of ether oxygens (including phenoxy) is 1. The Kier molecular flexibility index (Phi) is 2.64. The van der Waals surface area contributed by atoms with E-state index in [2.05, 4.69) is 4.98 Å². The van der Waals surface area contributed by atoms with Gasteiger partial charge in [-0.05, 0) is 24.3 Å². The van der Waals surface area contributed by atoms with Gasteiger partial charge < -0.3 is 9.15 Å². The Morgan fingerprint density at radius 1 is 1.19 bits per heavy atom. The van der Waals surface area contributed by atoms with Crippen molar-refractivity contribution in [1.82, 2.24) is 9.55 Å². The van der Waals surface area contributed by atoms with Crippen molar-refractivity contribution in [3.8, 4) is 0 Å². The van der Waals surface area contributed by atoms with E-state index in [0.29, 0.717) is 41.4 Å². The third kappa shape index (κ3) is 1.94. The molecule has 21 heavy (non-hydrogen) atoms. The van der Waals surface area contributed by atoms with Gasteiger partial charge in [0, 0.05) is 6.08 Å². The molecule has 0 spiro atoms. The summed E-state index contributed by atoms with van der Waals surface area (Å²) >= 11 is 0. The van der Waals surface area contributed by atoms with Gasteiger partial charge in [-0.2, -0.15) is 0 Å². The number of hydrogen-bond donors (Lipinski definition) is 0. The minimum absolute atomic E-state index is 0.0377. The highest BCUT2D eigenvalue weighted by Crippen LogP contribution is 2.22. The summed E-state index contributed by atoms with van der Waals surface area (Å²) in [5.74, 6) is 1.77. The second-order valence-corrected chi connectivity index (χ2v) is 4.78. The molecule has 0 bridgehead atoms. The van der Waals surface area contributed by atoms with Gasteiger partial charge in [0.2, 0.25) is 0 Å². The van der Waals surface area contributed by atoms with Crippen LogP contribution in [0.1, 0.15) is 11.6 Å². The fraction of sp³-hybridized carbons (Fsp3) is 0.125. The topological polar surface area (TPSA) is 57.3 Å². The molecule has 0 atom stereocenters. The van der Waals surface area contributed by atoms with E-state index in [4.69, 9.17) is 9.15 Å². The average molecular weight is 280 g/mol. The highest BCUT2D eigenvalue weighted by Gasteiger charge is 2.20. The molecule has 0 saturated heterocycles. The van der Waals surface area contributed by atoms with Crippen LogP contribution in [-0.4, -0.2) is 16.2 Å². The van der Waals surface area contributed by atoms with E-state index in [-0.39, 0.29) is 5.56 Å². The van der Waals surface area contributed by atoms with Crippen LogP contribution in [0.4, 0.5) is 0 Å². The first kappa shape index (κ1) is 12.0. The molecule has 3 heterocycles. The summed E-state index contributed by atoms with van der Waals surface area (Å²) in [6.07, 6.45) is 3.35. The lowest BCUT2D eigenvalue weighted by atomic mass is 10.2.